The molecular weight excluding hydrogens is 198 g/mol. The van der Waals surface area contributed by atoms with E-state index in [0.29, 0.717) is 6.04 Å². The predicted molar refractivity (Wildman–Crippen MR) is 72.0 cm³/mol. The van der Waals surface area contributed by atoms with Gasteiger partial charge in [-0.05, 0) is 39.2 Å². The molecule has 0 heterocycles. The van der Waals surface area contributed by atoms with Crippen LogP contribution in [0.5, 0.6) is 0 Å². The molecular formula is C14H31NO. The second-order valence-corrected chi connectivity index (χ2v) is 4.67. The van der Waals surface area contributed by atoms with Crippen LogP contribution in [0.4, 0.5) is 0 Å². The van der Waals surface area contributed by atoms with Gasteiger partial charge in [-0.2, -0.15) is 0 Å². The molecule has 0 amide bonds. The molecule has 0 aromatic carbocycles. The minimum Gasteiger partial charge on any atom is -0.381 e. The summed E-state index contributed by atoms with van der Waals surface area (Å²) in [6, 6.07) is 0.642. The van der Waals surface area contributed by atoms with E-state index in [1.165, 1.54) is 44.9 Å². The molecule has 0 saturated heterocycles. The van der Waals surface area contributed by atoms with E-state index in [1.54, 1.807) is 0 Å². The van der Waals surface area contributed by atoms with Crippen LogP contribution < -0.4 is 5.32 Å². The van der Waals surface area contributed by atoms with E-state index in [1.807, 2.05) is 0 Å². The Hall–Kier alpha value is -0.0800. The molecule has 98 valence electrons. The summed E-state index contributed by atoms with van der Waals surface area (Å²) in [4.78, 5) is 0. The van der Waals surface area contributed by atoms with Gasteiger partial charge in [-0.1, -0.05) is 33.1 Å². The van der Waals surface area contributed by atoms with Gasteiger partial charge in [-0.3, -0.25) is 0 Å². The van der Waals surface area contributed by atoms with E-state index in [-0.39, 0.29) is 0 Å². The number of hydrogen-bond donors (Lipinski definition) is 1. The van der Waals surface area contributed by atoms with Crippen molar-refractivity contribution >= 4 is 0 Å². The summed E-state index contributed by atoms with van der Waals surface area (Å²) in [7, 11) is 0. The van der Waals surface area contributed by atoms with Crippen molar-refractivity contribution in [3.8, 4) is 0 Å². The molecule has 0 fully saturated rings. The molecule has 0 aliphatic heterocycles. The third-order valence-electron chi connectivity index (χ3n) is 2.81. The number of nitrogens with one attached hydrogen (secondary N) is 1. The Morgan fingerprint density at radius 2 is 1.69 bits per heavy atom. The van der Waals surface area contributed by atoms with Crippen LogP contribution in [0.1, 0.15) is 65.7 Å². The average Bonchev–Trinajstić information content (AvgIpc) is 2.30. The van der Waals surface area contributed by atoms with Gasteiger partial charge in [0, 0.05) is 19.3 Å². The van der Waals surface area contributed by atoms with E-state index >= 15 is 0 Å². The number of ether oxygens (including phenoxy) is 1. The highest BCUT2D eigenvalue weighted by Gasteiger charge is 1.99. The van der Waals surface area contributed by atoms with Gasteiger partial charge in [0.15, 0.2) is 0 Å². The molecule has 2 heteroatoms. The highest BCUT2D eigenvalue weighted by atomic mass is 16.5. The van der Waals surface area contributed by atoms with Gasteiger partial charge in [-0.25, -0.2) is 0 Å². The van der Waals surface area contributed by atoms with E-state index < -0.39 is 0 Å². The Morgan fingerprint density at radius 3 is 2.38 bits per heavy atom. The van der Waals surface area contributed by atoms with Gasteiger partial charge in [-0.15, -0.1) is 0 Å². The molecule has 0 rings (SSSR count). The van der Waals surface area contributed by atoms with Gasteiger partial charge in [0.2, 0.25) is 0 Å². The van der Waals surface area contributed by atoms with Gasteiger partial charge in [0.05, 0.1) is 0 Å². The molecule has 0 aliphatic carbocycles. The number of hydrogen-bond acceptors (Lipinski definition) is 2. The second-order valence-electron chi connectivity index (χ2n) is 4.67. The highest BCUT2D eigenvalue weighted by Crippen LogP contribution is 2.01. The monoisotopic (exact) mass is 229 g/mol. The maximum atomic E-state index is 5.61. The van der Waals surface area contributed by atoms with Crippen LogP contribution in [0.25, 0.3) is 0 Å². The molecule has 0 spiro atoms. The van der Waals surface area contributed by atoms with E-state index in [0.717, 1.165) is 19.8 Å². The predicted octanol–water partition coefficient (Wildman–Crippen LogP) is 3.75. The zero-order valence-electron chi connectivity index (χ0n) is 11.6. The van der Waals surface area contributed by atoms with Gasteiger partial charge < -0.3 is 10.1 Å². The van der Waals surface area contributed by atoms with Crippen molar-refractivity contribution in [1.82, 2.24) is 5.32 Å². The van der Waals surface area contributed by atoms with Gasteiger partial charge >= 0.3 is 0 Å². The van der Waals surface area contributed by atoms with Crippen molar-refractivity contribution in [1.29, 1.82) is 0 Å². The molecule has 0 aromatic rings. The summed E-state index contributed by atoms with van der Waals surface area (Å²) in [6.07, 6.45) is 8.85. The first-order valence-corrected chi connectivity index (χ1v) is 7.12. The van der Waals surface area contributed by atoms with Crippen molar-refractivity contribution in [3.05, 3.63) is 0 Å². The smallest absolute Gasteiger partial charge is 0.0466 e. The zero-order chi connectivity index (χ0) is 12.1. The lowest BCUT2D eigenvalue weighted by Gasteiger charge is -2.12. The summed E-state index contributed by atoms with van der Waals surface area (Å²) in [5, 5.41) is 3.50. The maximum Gasteiger partial charge on any atom is 0.0466 e. The van der Waals surface area contributed by atoms with Gasteiger partial charge in [0.1, 0.15) is 0 Å². The molecule has 1 N–H and O–H groups in total. The molecule has 1 unspecified atom stereocenters. The van der Waals surface area contributed by atoms with E-state index in [2.05, 4.69) is 26.1 Å². The highest BCUT2D eigenvalue weighted by molar-refractivity contribution is 4.59. The van der Waals surface area contributed by atoms with Crippen LogP contribution in [0.15, 0.2) is 0 Å². The molecule has 1 atom stereocenters. The lowest BCUT2D eigenvalue weighted by molar-refractivity contribution is 0.124. The molecule has 0 saturated carbocycles. The first-order chi connectivity index (χ1) is 7.81. The summed E-state index contributed by atoms with van der Waals surface area (Å²) in [5.41, 5.74) is 0. The third kappa shape index (κ3) is 12.0. The summed E-state index contributed by atoms with van der Waals surface area (Å²) in [6.45, 7) is 9.74. The largest absolute Gasteiger partial charge is 0.381 e. The molecule has 16 heavy (non-hydrogen) atoms. The van der Waals surface area contributed by atoms with E-state index in [9.17, 15) is 0 Å². The normalized spacial score (nSPS) is 12.9. The quantitative estimate of drug-likeness (QED) is 0.515. The summed E-state index contributed by atoms with van der Waals surface area (Å²) in [5.74, 6) is 0. The Kier molecular flexibility index (Phi) is 12.9. The number of rotatable bonds is 12. The van der Waals surface area contributed by atoms with Crippen LogP contribution in [-0.2, 0) is 4.74 Å². The van der Waals surface area contributed by atoms with Crippen molar-refractivity contribution < 1.29 is 4.74 Å². The first-order valence-electron chi connectivity index (χ1n) is 7.12. The van der Waals surface area contributed by atoms with E-state index in [4.69, 9.17) is 4.74 Å². The van der Waals surface area contributed by atoms with Crippen LogP contribution in [0, 0.1) is 0 Å². The van der Waals surface area contributed by atoms with Crippen LogP contribution >= 0.6 is 0 Å². The Labute approximate surface area is 102 Å². The van der Waals surface area contributed by atoms with Crippen LogP contribution in [-0.4, -0.2) is 25.8 Å². The Balaban J connectivity index is 3.02. The van der Waals surface area contributed by atoms with Crippen LogP contribution in [0.2, 0.25) is 0 Å². The Morgan fingerprint density at radius 1 is 0.938 bits per heavy atom. The van der Waals surface area contributed by atoms with Crippen molar-refractivity contribution in [3.63, 3.8) is 0 Å². The molecule has 0 aliphatic rings. The van der Waals surface area contributed by atoms with Crippen LogP contribution in [0.3, 0.4) is 0 Å². The van der Waals surface area contributed by atoms with Crippen molar-refractivity contribution in [2.24, 2.45) is 0 Å². The average molecular weight is 229 g/mol. The standard InChI is InChI=1S/C14H31NO/c1-4-6-7-8-12-16-13-9-10-14(3)15-11-5-2/h14-15H,4-13H2,1-3H3. The SMILES string of the molecule is CCCCCCOCCCC(C)NCCC. The van der Waals surface area contributed by atoms with Crippen molar-refractivity contribution in [2.45, 2.75) is 71.8 Å². The fourth-order valence-corrected chi connectivity index (χ4v) is 1.72. The second kappa shape index (κ2) is 13.0. The first kappa shape index (κ1) is 15.9. The lowest BCUT2D eigenvalue weighted by Crippen LogP contribution is -2.26. The lowest BCUT2D eigenvalue weighted by atomic mass is 10.2. The zero-order valence-corrected chi connectivity index (χ0v) is 11.6. The van der Waals surface area contributed by atoms with Crippen molar-refractivity contribution in [2.75, 3.05) is 19.8 Å². The summed E-state index contributed by atoms with van der Waals surface area (Å²) >= 11 is 0. The minimum absolute atomic E-state index is 0.642. The molecule has 0 bridgehead atoms. The molecule has 0 radical (unpaired) electrons. The molecule has 0 aromatic heterocycles. The topological polar surface area (TPSA) is 21.3 Å². The Bertz CT molecular complexity index is 128. The minimum atomic E-state index is 0.642. The van der Waals surface area contributed by atoms with Gasteiger partial charge in [0.25, 0.3) is 0 Å². The fraction of sp³-hybridized carbons (Fsp3) is 1.00. The third-order valence-corrected chi connectivity index (χ3v) is 2.81. The maximum absolute atomic E-state index is 5.61. The molecule has 2 nitrogen and oxygen atoms in total. The number of unbranched alkanes of at least 4 members (excludes halogenated alkanes) is 3. The summed E-state index contributed by atoms with van der Waals surface area (Å²) < 4.78 is 5.61. The fourth-order valence-electron chi connectivity index (χ4n) is 1.72.